The van der Waals surface area contributed by atoms with Gasteiger partial charge in [-0.2, -0.15) is 0 Å². The maximum absolute atomic E-state index is 13.5. The quantitative estimate of drug-likeness (QED) is 0.0177. The van der Waals surface area contributed by atoms with Crippen LogP contribution >= 0.6 is 0 Å². The monoisotopic (exact) mass is 1440 g/mol. The van der Waals surface area contributed by atoms with Gasteiger partial charge in [0, 0.05) is 89.5 Å². The maximum atomic E-state index is 13.5. The molecule has 0 saturated carbocycles. The number of nitrogens with two attached hydrogens (primary N) is 2. The molecule has 29 heteroatoms. The minimum atomic E-state index is -0.462. The van der Waals surface area contributed by atoms with Crippen molar-refractivity contribution in [3.8, 4) is 0 Å². The van der Waals surface area contributed by atoms with E-state index in [-0.39, 0.29) is 68.8 Å². The Balaban J connectivity index is 0.000000600. The second kappa shape index (κ2) is 39.9. The van der Waals surface area contributed by atoms with E-state index in [1.807, 2.05) is 78.9 Å². The number of nitrogens with one attached hydrogen (secondary N) is 10. The van der Waals surface area contributed by atoms with Crippen molar-refractivity contribution in [3.63, 3.8) is 0 Å². The van der Waals surface area contributed by atoms with E-state index in [1.54, 1.807) is 91.8 Å². The number of nitrogens with zero attached hydrogens (tertiary/aromatic N) is 8. The molecule has 0 aromatic carbocycles. The van der Waals surface area contributed by atoms with Crippen molar-refractivity contribution in [2.24, 2.45) is 0 Å². The molecular formula is C62H96N20O8Pt-2. The van der Waals surface area contributed by atoms with Crippen LogP contribution in [0, 0.1) is 0 Å². The third-order valence-corrected chi connectivity index (χ3v) is 13.6. The molecule has 0 aliphatic heterocycles. The van der Waals surface area contributed by atoms with Gasteiger partial charge in [0.2, 0.25) is 11.8 Å². The minimum absolute atomic E-state index is 0. The number of hydrogen-bond donors (Lipinski definition) is 8. The topological polar surface area (TPSA) is 383 Å². The summed E-state index contributed by atoms with van der Waals surface area (Å²) in [5.74, 6) is -2.79. The molecule has 6 heterocycles. The summed E-state index contributed by atoms with van der Waals surface area (Å²) in [6.45, 7) is 17.6. The predicted octanol–water partition coefficient (Wildman–Crippen LogP) is 10.4. The van der Waals surface area contributed by atoms with Crippen LogP contribution in [0.3, 0.4) is 0 Å². The molecule has 0 spiro atoms. The molecule has 0 radical (unpaired) electrons. The van der Waals surface area contributed by atoms with Crippen molar-refractivity contribution < 1.29 is 59.4 Å². The van der Waals surface area contributed by atoms with Crippen LogP contribution in [0.25, 0.3) is 23.8 Å². The molecule has 504 valence electrons. The first kappa shape index (κ1) is 79.0. The Kier molecular flexibility index (Phi) is 34.6. The summed E-state index contributed by atoms with van der Waals surface area (Å²) >= 11 is 0. The normalized spacial score (nSPS) is 10.7. The molecule has 0 bridgehead atoms. The van der Waals surface area contributed by atoms with Crippen molar-refractivity contribution in [3.05, 3.63) is 132 Å². The first-order valence-electron chi connectivity index (χ1n) is 30.4. The number of rotatable bonds is 34. The van der Waals surface area contributed by atoms with Crippen molar-refractivity contribution in [2.75, 3.05) is 99.4 Å². The Morgan fingerprint density at radius 3 is 0.736 bits per heavy atom. The third-order valence-electron chi connectivity index (χ3n) is 13.6. The smallest absolute Gasteiger partial charge is 0.693 e. The van der Waals surface area contributed by atoms with Gasteiger partial charge in [-0.15, -0.1) is 0 Å². The summed E-state index contributed by atoms with van der Waals surface area (Å²) in [6.07, 6.45) is 16.7. The maximum Gasteiger partial charge on any atom is 2.00 e. The number of hydrogen-bond acceptors (Lipinski definition) is 10. The number of amides is 8. The van der Waals surface area contributed by atoms with E-state index in [2.05, 4.69) is 52.3 Å². The molecule has 91 heavy (non-hydrogen) atoms. The minimum Gasteiger partial charge on any atom is -0.693 e. The zero-order valence-electron chi connectivity index (χ0n) is 54.4. The van der Waals surface area contributed by atoms with Gasteiger partial charge in [-0.3, -0.25) is 38.4 Å². The fourth-order valence-electron chi connectivity index (χ4n) is 9.74. The number of carbonyl (C=O) groups is 8. The molecule has 0 aliphatic carbocycles. The van der Waals surface area contributed by atoms with Crippen molar-refractivity contribution in [2.45, 2.75) is 132 Å². The van der Waals surface area contributed by atoms with Crippen LogP contribution in [0.1, 0.15) is 156 Å². The summed E-state index contributed by atoms with van der Waals surface area (Å²) in [5, 5.41) is 22.8. The van der Waals surface area contributed by atoms with E-state index < -0.39 is 24.9 Å². The Hall–Kier alpha value is -8.11. The van der Waals surface area contributed by atoms with Crippen LogP contribution in [0.4, 0.5) is 34.1 Å². The van der Waals surface area contributed by atoms with Gasteiger partial charge >= 0.3 is 21.1 Å². The average Bonchev–Trinajstić information content (AvgIpc) is 2.55. The number of carbonyl (C=O) groups excluding carboxylic acids is 8. The molecule has 6 aromatic heterocycles. The molecule has 0 atom stereocenters. The SMILES string of the molecule is CCCn1cc(NC(=O)c2cc(NC(=O)c3cc(NC(=O)C[NH-])cn3CCC)cn2CCC)cc1C(=O)NCCCN(C)C.CCCn1cc(NC(=O)c2cc(NC(=O)c3cc(NC(=O)C[NH-])cn3CCC)cn2CCC)cc1C(=O)NCCCN(C)C.[NH2-].[NH2-].[Pt+2]. The second-order valence-corrected chi connectivity index (χ2v) is 21.9. The van der Waals surface area contributed by atoms with Crippen LogP contribution in [-0.4, -0.2) is 152 Å². The van der Waals surface area contributed by atoms with Gasteiger partial charge in [-0.05, 0) is 129 Å². The van der Waals surface area contributed by atoms with Gasteiger partial charge in [0.15, 0.2) is 0 Å². The van der Waals surface area contributed by atoms with E-state index in [0.29, 0.717) is 121 Å². The van der Waals surface area contributed by atoms with E-state index in [0.717, 1.165) is 64.5 Å². The second-order valence-electron chi connectivity index (χ2n) is 21.9. The van der Waals surface area contributed by atoms with Gasteiger partial charge in [0.25, 0.3) is 35.4 Å². The Morgan fingerprint density at radius 1 is 0.352 bits per heavy atom. The van der Waals surface area contributed by atoms with Crippen molar-refractivity contribution >= 4 is 81.4 Å². The molecule has 14 N–H and O–H groups in total. The zero-order valence-corrected chi connectivity index (χ0v) is 56.7. The summed E-state index contributed by atoms with van der Waals surface area (Å²) in [5.41, 5.74) is 19.7. The fourth-order valence-corrected chi connectivity index (χ4v) is 9.74. The molecule has 6 aromatic rings. The van der Waals surface area contributed by atoms with Crippen LogP contribution < -0.4 is 42.5 Å². The van der Waals surface area contributed by atoms with Crippen LogP contribution in [0.15, 0.2) is 73.6 Å². The Morgan fingerprint density at radius 2 is 0.549 bits per heavy atom. The standard InChI is InChI=1S/2C31H46N9O4.2H2N.Pt/c2*1-6-11-38-20-23(16-25(38)29(42)33-10-9-14-37(4)5)35-31(44)27-17-24(21-40(27)13-8-3)36-30(43)26-15-22(34-28(41)18-32)19-39(26)12-7-2;;;/h2*15-17,19-21,32H,6-14,18H2,1-5H3,(H,33,42)(H,34,41)(H,35,44)(H,36,43);2*1H2;/q4*-1;+2. The van der Waals surface area contributed by atoms with Gasteiger partial charge in [0.1, 0.15) is 34.2 Å². The van der Waals surface area contributed by atoms with Crippen LogP contribution in [0.2, 0.25) is 0 Å². The molecule has 0 saturated heterocycles. The predicted molar refractivity (Wildman–Crippen MR) is 357 cm³/mol. The zero-order chi connectivity index (χ0) is 64.5. The third kappa shape index (κ3) is 23.9. The molecule has 8 amide bonds. The first-order chi connectivity index (χ1) is 42.2. The Labute approximate surface area is 549 Å². The molecule has 28 nitrogen and oxygen atoms in total. The number of anilines is 6. The Bertz CT molecular complexity index is 3090. The van der Waals surface area contributed by atoms with Gasteiger partial charge < -0.3 is 104 Å². The first-order valence-corrected chi connectivity index (χ1v) is 30.4. The molecule has 0 fully saturated rings. The summed E-state index contributed by atoms with van der Waals surface area (Å²) < 4.78 is 10.8. The molecule has 0 aliphatic rings. The summed E-state index contributed by atoms with van der Waals surface area (Å²) in [6, 6.07) is 9.77. The summed E-state index contributed by atoms with van der Waals surface area (Å²) in [7, 11) is 7.96. The van der Waals surface area contributed by atoms with Gasteiger partial charge in [-0.25, -0.2) is 0 Å². The average molecular weight is 1440 g/mol. The van der Waals surface area contributed by atoms with E-state index in [4.69, 9.17) is 11.5 Å². The van der Waals surface area contributed by atoms with Crippen molar-refractivity contribution in [1.29, 1.82) is 0 Å². The number of aryl methyl sites for hydroxylation is 6. The molecule has 0 unspecified atom stereocenters. The van der Waals surface area contributed by atoms with Gasteiger partial charge in [0.05, 0.1) is 34.1 Å². The van der Waals surface area contributed by atoms with E-state index >= 15 is 0 Å². The van der Waals surface area contributed by atoms with Crippen LogP contribution in [0.5, 0.6) is 0 Å². The van der Waals surface area contributed by atoms with E-state index in [1.165, 1.54) is 0 Å². The fraction of sp³-hybridized carbons (Fsp3) is 0.484. The van der Waals surface area contributed by atoms with E-state index in [9.17, 15) is 38.4 Å². The van der Waals surface area contributed by atoms with Crippen molar-refractivity contribution in [1.82, 2.24) is 47.8 Å². The molecular weight excluding hydrogens is 1350 g/mol. The number of aromatic nitrogens is 6. The largest absolute Gasteiger partial charge is 2.00 e. The van der Waals surface area contributed by atoms with Gasteiger partial charge in [-0.1, -0.05) is 54.6 Å². The molecule has 6 rings (SSSR count). The summed E-state index contributed by atoms with van der Waals surface area (Å²) in [4.78, 5) is 107. The van der Waals surface area contributed by atoms with Crippen LogP contribution in [-0.2, 0) is 69.9 Å².